The van der Waals surface area contributed by atoms with Gasteiger partial charge in [0.15, 0.2) is 0 Å². The Morgan fingerprint density at radius 2 is 1.91 bits per heavy atom. The Kier molecular flexibility index (Phi) is 4.05. The Labute approximate surface area is 131 Å². The van der Waals surface area contributed by atoms with Gasteiger partial charge in [0, 0.05) is 45.4 Å². The van der Waals surface area contributed by atoms with Crippen molar-refractivity contribution in [3.8, 4) is 0 Å². The zero-order valence-electron chi connectivity index (χ0n) is 13.4. The van der Waals surface area contributed by atoms with Gasteiger partial charge in [-0.1, -0.05) is 0 Å². The Hall–Kier alpha value is -0.960. The summed E-state index contributed by atoms with van der Waals surface area (Å²) < 4.78 is 34.7. The average molecular weight is 328 g/mol. The molecule has 0 N–H and O–H groups in total. The smallest absolute Gasteiger partial charge is 0.246 e. The summed E-state index contributed by atoms with van der Waals surface area (Å²) >= 11 is 0. The van der Waals surface area contributed by atoms with Crippen LogP contribution in [0.2, 0.25) is 0 Å². The van der Waals surface area contributed by atoms with Gasteiger partial charge in [0.2, 0.25) is 10.0 Å². The quantitative estimate of drug-likeness (QED) is 0.777. The lowest BCUT2D eigenvalue weighted by atomic mass is 9.87. The van der Waals surface area contributed by atoms with Crippen LogP contribution in [0.25, 0.3) is 0 Å². The van der Waals surface area contributed by atoms with Gasteiger partial charge in [-0.25, -0.2) is 8.42 Å². The van der Waals surface area contributed by atoms with Gasteiger partial charge in [-0.15, -0.1) is 0 Å². The zero-order chi connectivity index (χ0) is 16.0. The molecule has 2 aliphatic rings. The first-order valence-corrected chi connectivity index (χ1v) is 9.09. The molecule has 1 aromatic rings. The van der Waals surface area contributed by atoms with E-state index in [1.54, 1.807) is 23.0 Å². The number of aromatic nitrogens is 2. The van der Waals surface area contributed by atoms with E-state index in [-0.39, 0.29) is 5.54 Å². The molecule has 1 spiro atoms. The Balaban J connectivity index is 1.90. The fourth-order valence-corrected chi connectivity index (χ4v) is 5.09. The predicted molar refractivity (Wildman–Crippen MR) is 82.1 cm³/mol. The second-order valence-electron chi connectivity index (χ2n) is 6.31. The minimum Gasteiger partial charge on any atom is -0.381 e. The highest BCUT2D eigenvalue weighted by atomic mass is 32.2. The van der Waals surface area contributed by atoms with Crippen LogP contribution < -0.4 is 0 Å². The fourth-order valence-electron chi connectivity index (χ4n) is 3.39. The van der Waals surface area contributed by atoms with Crippen molar-refractivity contribution in [3.05, 3.63) is 11.9 Å². The molecule has 3 heterocycles. The molecule has 0 unspecified atom stereocenters. The van der Waals surface area contributed by atoms with Crippen molar-refractivity contribution in [2.45, 2.75) is 30.2 Å². The van der Waals surface area contributed by atoms with Crippen LogP contribution in [-0.4, -0.2) is 72.8 Å². The molecule has 0 saturated carbocycles. The van der Waals surface area contributed by atoms with Crippen LogP contribution in [0.15, 0.2) is 11.1 Å². The van der Waals surface area contributed by atoms with E-state index in [2.05, 4.69) is 17.0 Å². The summed E-state index contributed by atoms with van der Waals surface area (Å²) in [4.78, 5) is 2.62. The third kappa shape index (κ3) is 2.47. The second-order valence-corrected chi connectivity index (χ2v) is 8.22. The third-order valence-electron chi connectivity index (χ3n) is 5.20. The van der Waals surface area contributed by atoms with Crippen LogP contribution in [0.3, 0.4) is 0 Å². The third-order valence-corrected chi connectivity index (χ3v) is 7.14. The molecule has 7 nitrogen and oxygen atoms in total. The number of aryl methyl sites for hydroxylation is 1. The van der Waals surface area contributed by atoms with E-state index in [1.807, 2.05) is 0 Å². The van der Waals surface area contributed by atoms with Gasteiger partial charge in [-0.05, 0) is 26.8 Å². The minimum absolute atomic E-state index is 0.0975. The number of ether oxygens (including phenoxy) is 1. The molecular weight excluding hydrogens is 304 g/mol. The molecule has 2 fully saturated rings. The van der Waals surface area contributed by atoms with Crippen molar-refractivity contribution >= 4 is 10.0 Å². The highest BCUT2D eigenvalue weighted by molar-refractivity contribution is 7.89. The summed E-state index contributed by atoms with van der Waals surface area (Å²) in [5, 5.41) is 4.08. The number of nitrogens with zero attached hydrogens (tertiary/aromatic N) is 4. The molecule has 0 aliphatic carbocycles. The average Bonchev–Trinajstić information content (AvgIpc) is 2.83. The van der Waals surface area contributed by atoms with Gasteiger partial charge in [0.25, 0.3) is 0 Å². The Morgan fingerprint density at radius 1 is 1.23 bits per heavy atom. The molecule has 0 radical (unpaired) electrons. The van der Waals surface area contributed by atoms with Gasteiger partial charge in [0.1, 0.15) is 4.90 Å². The molecule has 0 bridgehead atoms. The largest absolute Gasteiger partial charge is 0.381 e. The van der Waals surface area contributed by atoms with Crippen LogP contribution in [0.5, 0.6) is 0 Å². The first kappa shape index (κ1) is 15.9. The number of hydrogen-bond donors (Lipinski definition) is 0. The maximum atomic E-state index is 13.0. The van der Waals surface area contributed by atoms with E-state index in [1.165, 1.54) is 6.20 Å². The van der Waals surface area contributed by atoms with Crippen molar-refractivity contribution in [2.24, 2.45) is 7.05 Å². The monoisotopic (exact) mass is 328 g/mol. The van der Waals surface area contributed by atoms with E-state index in [4.69, 9.17) is 4.74 Å². The van der Waals surface area contributed by atoms with Crippen LogP contribution in [0, 0.1) is 6.92 Å². The van der Waals surface area contributed by atoms with Crippen LogP contribution >= 0.6 is 0 Å². The summed E-state index contributed by atoms with van der Waals surface area (Å²) in [6.45, 7) is 4.99. The van der Waals surface area contributed by atoms with E-state index < -0.39 is 10.0 Å². The molecule has 0 aromatic carbocycles. The standard InChI is InChI=1S/C14H24N4O3S/c1-12-13(10-15-17(12)3)22(19,20)18-7-6-16(2)14(11-18)4-8-21-9-5-14/h10H,4-9,11H2,1-3H3. The molecule has 0 amide bonds. The summed E-state index contributed by atoms with van der Waals surface area (Å²) in [6.07, 6.45) is 3.21. The molecule has 0 atom stereocenters. The van der Waals surface area contributed by atoms with Crippen molar-refractivity contribution in [1.82, 2.24) is 19.0 Å². The summed E-state index contributed by atoms with van der Waals surface area (Å²) in [6, 6.07) is 0. The van der Waals surface area contributed by atoms with Gasteiger partial charge < -0.3 is 4.74 Å². The molecule has 22 heavy (non-hydrogen) atoms. The van der Waals surface area contributed by atoms with Crippen LogP contribution in [0.1, 0.15) is 18.5 Å². The minimum atomic E-state index is -3.49. The highest BCUT2D eigenvalue weighted by Crippen LogP contribution is 2.33. The summed E-state index contributed by atoms with van der Waals surface area (Å²) in [5.74, 6) is 0. The SMILES string of the molecule is Cc1c(S(=O)(=O)N2CCN(C)C3(CCOCC3)C2)cnn1C. The summed E-state index contributed by atoms with van der Waals surface area (Å²) in [5.41, 5.74) is 0.583. The highest BCUT2D eigenvalue weighted by Gasteiger charge is 2.44. The predicted octanol–water partition coefficient (Wildman–Crippen LogP) is 0.214. The van der Waals surface area contributed by atoms with Gasteiger partial charge in [-0.3, -0.25) is 9.58 Å². The fraction of sp³-hybridized carbons (Fsp3) is 0.786. The number of sulfonamides is 1. The second kappa shape index (κ2) is 5.59. The molecule has 8 heteroatoms. The molecule has 1 aromatic heterocycles. The van der Waals surface area contributed by atoms with Crippen molar-refractivity contribution in [1.29, 1.82) is 0 Å². The molecule has 2 saturated heterocycles. The van der Waals surface area contributed by atoms with Crippen LogP contribution in [0.4, 0.5) is 0 Å². The van der Waals surface area contributed by atoms with Gasteiger partial charge in [-0.2, -0.15) is 9.40 Å². The number of likely N-dealkylation sites (N-methyl/N-ethyl adjacent to an activating group) is 1. The maximum absolute atomic E-state index is 13.0. The summed E-state index contributed by atoms with van der Waals surface area (Å²) in [7, 11) is 0.362. The van der Waals surface area contributed by atoms with Crippen molar-refractivity contribution in [3.63, 3.8) is 0 Å². The van der Waals surface area contributed by atoms with E-state index >= 15 is 0 Å². The molecule has 124 valence electrons. The van der Waals surface area contributed by atoms with Crippen molar-refractivity contribution in [2.75, 3.05) is 39.9 Å². The first-order chi connectivity index (χ1) is 10.4. The maximum Gasteiger partial charge on any atom is 0.246 e. The van der Waals surface area contributed by atoms with Gasteiger partial charge >= 0.3 is 0 Å². The Morgan fingerprint density at radius 3 is 2.50 bits per heavy atom. The molecule has 2 aliphatic heterocycles. The Bertz CT molecular complexity index is 649. The van der Waals surface area contributed by atoms with Crippen molar-refractivity contribution < 1.29 is 13.2 Å². The van der Waals surface area contributed by atoms with Gasteiger partial charge in [0.05, 0.1) is 11.9 Å². The lowest BCUT2D eigenvalue weighted by Crippen LogP contribution is -2.63. The number of rotatable bonds is 2. The lowest BCUT2D eigenvalue weighted by molar-refractivity contribution is -0.0445. The number of piperazine rings is 1. The number of hydrogen-bond acceptors (Lipinski definition) is 5. The zero-order valence-corrected chi connectivity index (χ0v) is 14.3. The molecule has 3 rings (SSSR count). The van der Waals surface area contributed by atoms with Crippen LogP contribution in [-0.2, 0) is 21.8 Å². The van der Waals surface area contributed by atoms with E-state index in [0.717, 1.165) is 19.4 Å². The van der Waals surface area contributed by atoms with E-state index in [0.29, 0.717) is 36.9 Å². The normalized spacial score (nSPS) is 24.0. The lowest BCUT2D eigenvalue weighted by Gasteiger charge is -2.50. The van der Waals surface area contributed by atoms with E-state index in [9.17, 15) is 8.42 Å². The first-order valence-electron chi connectivity index (χ1n) is 7.65. The molecular formula is C14H24N4O3S. The topological polar surface area (TPSA) is 67.7 Å².